The van der Waals surface area contributed by atoms with Crippen molar-refractivity contribution in [3.8, 4) is 0 Å². The summed E-state index contributed by atoms with van der Waals surface area (Å²) in [4.78, 5) is 16.8. The number of aromatic nitrogens is 1. The molecule has 0 bridgehead atoms. The van der Waals surface area contributed by atoms with Crippen molar-refractivity contribution in [2.75, 3.05) is 15.9 Å². The third-order valence-corrected chi connectivity index (χ3v) is 7.07. The van der Waals surface area contributed by atoms with Crippen LogP contribution in [0.5, 0.6) is 0 Å². The first-order valence-corrected chi connectivity index (χ1v) is 13.5. The summed E-state index contributed by atoms with van der Waals surface area (Å²) < 4.78 is 26.5. The van der Waals surface area contributed by atoms with Gasteiger partial charge in [-0.2, -0.15) is 0 Å². The van der Waals surface area contributed by atoms with Crippen LogP contribution in [0.1, 0.15) is 38.2 Å². The predicted molar refractivity (Wildman–Crippen MR) is 145 cm³/mol. The number of nitrogens with zero attached hydrogens (tertiary/aromatic N) is 2. The fourth-order valence-electron chi connectivity index (χ4n) is 3.94. The van der Waals surface area contributed by atoms with Gasteiger partial charge in [-0.1, -0.05) is 36.4 Å². The van der Waals surface area contributed by atoms with Gasteiger partial charge in [0.05, 0.1) is 18.5 Å². The Morgan fingerprint density at radius 1 is 0.833 bits per heavy atom. The second-order valence-corrected chi connectivity index (χ2v) is 10.8. The number of hydrogen-bond donors (Lipinski definition) is 1. The van der Waals surface area contributed by atoms with Gasteiger partial charge in [0.2, 0.25) is 10.0 Å². The quantitative estimate of drug-likeness (QED) is 0.347. The number of anilines is 2. The molecule has 0 aliphatic rings. The highest BCUT2D eigenvalue weighted by molar-refractivity contribution is 7.92. The monoisotopic (exact) mass is 499 g/mol. The van der Waals surface area contributed by atoms with Crippen LogP contribution in [0.3, 0.4) is 0 Å². The number of nitrogens with one attached hydrogen (secondary N) is 1. The number of rotatable bonds is 8. The van der Waals surface area contributed by atoms with Gasteiger partial charge in [0.25, 0.3) is 5.91 Å². The molecule has 7 heteroatoms. The van der Waals surface area contributed by atoms with Gasteiger partial charge < -0.3 is 5.32 Å². The summed E-state index contributed by atoms with van der Waals surface area (Å²) in [6.45, 7) is 4.02. The van der Waals surface area contributed by atoms with Crippen molar-refractivity contribution in [2.45, 2.75) is 26.8 Å². The zero-order valence-corrected chi connectivity index (χ0v) is 21.4. The second-order valence-electron chi connectivity index (χ2n) is 8.94. The molecule has 0 saturated heterocycles. The van der Waals surface area contributed by atoms with Crippen molar-refractivity contribution >= 4 is 27.3 Å². The van der Waals surface area contributed by atoms with E-state index in [4.69, 9.17) is 0 Å². The van der Waals surface area contributed by atoms with Gasteiger partial charge >= 0.3 is 0 Å². The third kappa shape index (κ3) is 6.37. The second kappa shape index (κ2) is 10.7. The lowest BCUT2D eigenvalue weighted by molar-refractivity contribution is 0.102. The summed E-state index contributed by atoms with van der Waals surface area (Å²) in [5.74, 6) is -0.224. The maximum absolute atomic E-state index is 12.8. The first-order valence-electron chi connectivity index (χ1n) is 11.6. The van der Waals surface area contributed by atoms with Crippen LogP contribution in [0.2, 0.25) is 0 Å². The van der Waals surface area contributed by atoms with Crippen LogP contribution in [0.25, 0.3) is 0 Å². The Labute approximate surface area is 212 Å². The number of benzene rings is 3. The van der Waals surface area contributed by atoms with E-state index < -0.39 is 10.0 Å². The van der Waals surface area contributed by atoms with E-state index in [0.29, 0.717) is 16.9 Å². The number of sulfonamides is 1. The molecule has 1 amide bonds. The van der Waals surface area contributed by atoms with E-state index in [2.05, 4.69) is 10.3 Å². The van der Waals surface area contributed by atoms with Crippen LogP contribution in [-0.2, 0) is 23.0 Å². The van der Waals surface area contributed by atoms with Crippen LogP contribution in [0, 0.1) is 13.8 Å². The largest absolute Gasteiger partial charge is 0.322 e. The summed E-state index contributed by atoms with van der Waals surface area (Å²) in [7, 11) is -3.50. The maximum atomic E-state index is 12.8. The number of carbonyl (C=O) groups is 1. The van der Waals surface area contributed by atoms with Gasteiger partial charge in [0.1, 0.15) is 0 Å². The summed E-state index contributed by atoms with van der Waals surface area (Å²) in [6.07, 6.45) is 5.55. The Hall–Kier alpha value is -3.97. The molecule has 4 aromatic rings. The molecule has 0 radical (unpaired) electrons. The number of amides is 1. The molecule has 3 aromatic carbocycles. The van der Waals surface area contributed by atoms with Crippen molar-refractivity contribution in [3.05, 3.63) is 125 Å². The number of aryl methyl sites for hydroxylation is 2. The van der Waals surface area contributed by atoms with E-state index in [1.54, 1.807) is 36.7 Å². The zero-order valence-electron chi connectivity index (χ0n) is 20.6. The van der Waals surface area contributed by atoms with Crippen molar-refractivity contribution in [2.24, 2.45) is 0 Å². The molecule has 36 heavy (non-hydrogen) atoms. The molecule has 184 valence electrons. The zero-order chi connectivity index (χ0) is 25.7. The molecule has 0 aliphatic heterocycles. The standard InChI is InChI=1S/C29H29N3O3S/c1-21-4-5-22(2)28(18-21)32(36(3,34)35)20-25-6-10-26(11-7-25)29(33)31-27-12-8-23(9-13-27)19-24-14-16-30-17-15-24/h4-18H,19-20H2,1-3H3,(H,31,33). The molecule has 1 heterocycles. The SMILES string of the molecule is Cc1ccc(C)c(N(Cc2ccc(C(=O)Nc3ccc(Cc4ccncc4)cc3)cc2)S(C)(=O)=O)c1. The molecule has 4 rings (SSSR count). The number of pyridine rings is 1. The number of carbonyl (C=O) groups excluding carboxylic acids is 1. The minimum atomic E-state index is -3.50. The Bertz CT molecular complexity index is 1450. The predicted octanol–water partition coefficient (Wildman–Crippen LogP) is 5.51. The minimum absolute atomic E-state index is 0.184. The van der Waals surface area contributed by atoms with E-state index in [-0.39, 0.29) is 12.5 Å². The van der Waals surface area contributed by atoms with E-state index in [9.17, 15) is 13.2 Å². The van der Waals surface area contributed by atoms with Gasteiger partial charge in [0, 0.05) is 23.6 Å². The van der Waals surface area contributed by atoms with Crippen molar-refractivity contribution in [3.63, 3.8) is 0 Å². The fraction of sp³-hybridized carbons (Fsp3) is 0.172. The van der Waals surface area contributed by atoms with E-state index >= 15 is 0 Å². The lowest BCUT2D eigenvalue weighted by Crippen LogP contribution is -2.30. The highest BCUT2D eigenvalue weighted by atomic mass is 32.2. The lowest BCUT2D eigenvalue weighted by Gasteiger charge is -2.25. The average Bonchev–Trinajstić information content (AvgIpc) is 2.86. The summed E-state index contributed by atoms with van der Waals surface area (Å²) in [5.41, 5.74) is 6.84. The topological polar surface area (TPSA) is 79.4 Å². The molecule has 1 N–H and O–H groups in total. The normalized spacial score (nSPS) is 11.2. The first-order chi connectivity index (χ1) is 17.2. The highest BCUT2D eigenvalue weighted by Crippen LogP contribution is 2.26. The Kier molecular flexibility index (Phi) is 7.50. The van der Waals surface area contributed by atoms with E-state index in [0.717, 1.165) is 28.7 Å². The lowest BCUT2D eigenvalue weighted by atomic mass is 10.1. The highest BCUT2D eigenvalue weighted by Gasteiger charge is 2.20. The van der Waals surface area contributed by atoms with Crippen LogP contribution in [0.4, 0.5) is 11.4 Å². The van der Waals surface area contributed by atoms with Gasteiger partial charge in [-0.3, -0.25) is 14.1 Å². The molecular weight excluding hydrogens is 470 g/mol. The Balaban J connectivity index is 1.43. The molecule has 0 atom stereocenters. The van der Waals surface area contributed by atoms with Crippen LogP contribution < -0.4 is 9.62 Å². The van der Waals surface area contributed by atoms with E-state index in [1.165, 1.54) is 16.1 Å². The van der Waals surface area contributed by atoms with Crippen LogP contribution >= 0.6 is 0 Å². The summed E-state index contributed by atoms with van der Waals surface area (Å²) >= 11 is 0. The fourth-order valence-corrected chi connectivity index (χ4v) is 4.88. The van der Waals surface area contributed by atoms with Gasteiger partial charge in [0.15, 0.2) is 0 Å². The Morgan fingerprint density at radius 3 is 2.08 bits per heavy atom. The van der Waals surface area contributed by atoms with Crippen molar-refractivity contribution in [1.82, 2.24) is 4.98 Å². The third-order valence-electron chi connectivity index (χ3n) is 5.95. The molecule has 6 nitrogen and oxygen atoms in total. The molecule has 0 spiro atoms. The van der Waals surface area contributed by atoms with Crippen molar-refractivity contribution < 1.29 is 13.2 Å². The van der Waals surface area contributed by atoms with Crippen LogP contribution in [0.15, 0.2) is 91.3 Å². The minimum Gasteiger partial charge on any atom is -0.322 e. The molecule has 0 saturated carbocycles. The van der Waals surface area contributed by atoms with Crippen LogP contribution in [-0.4, -0.2) is 25.6 Å². The molecule has 0 fully saturated rings. The van der Waals surface area contributed by atoms with Crippen molar-refractivity contribution in [1.29, 1.82) is 0 Å². The Morgan fingerprint density at radius 2 is 1.44 bits per heavy atom. The number of hydrogen-bond acceptors (Lipinski definition) is 4. The summed E-state index contributed by atoms with van der Waals surface area (Å²) in [5, 5.41) is 2.92. The maximum Gasteiger partial charge on any atom is 0.255 e. The smallest absolute Gasteiger partial charge is 0.255 e. The van der Waals surface area contributed by atoms with Gasteiger partial charge in [-0.25, -0.2) is 8.42 Å². The first kappa shape index (κ1) is 25.1. The molecular formula is C29H29N3O3S. The molecule has 1 aromatic heterocycles. The summed E-state index contributed by atoms with van der Waals surface area (Å²) in [6, 6.07) is 24.5. The van der Waals surface area contributed by atoms with Gasteiger partial charge in [-0.05, 0) is 90.6 Å². The van der Waals surface area contributed by atoms with Gasteiger partial charge in [-0.15, -0.1) is 0 Å². The molecule has 0 unspecified atom stereocenters. The average molecular weight is 500 g/mol. The molecule has 0 aliphatic carbocycles. The van der Waals surface area contributed by atoms with E-state index in [1.807, 2.05) is 68.4 Å².